The first kappa shape index (κ1) is 20.8. The molecule has 6 nitrogen and oxygen atoms in total. The van der Waals surface area contributed by atoms with Gasteiger partial charge in [-0.2, -0.15) is 0 Å². The third kappa shape index (κ3) is 4.67. The van der Waals surface area contributed by atoms with Crippen LogP contribution in [-0.2, 0) is 9.59 Å². The van der Waals surface area contributed by atoms with Gasteiger partial charge in [-0.25, -0.2) is 4.98 Å². The molecule has 0 unspecified atom stereocenters. The third-order valence-electron chi connectivity index (χ3n) is 6.11. The van der Waals surface area contributed by atoms with E-state index in [9.17, 15) is 9.59 Å². The van der Waals surface area contributed by atoms with E-state index in [0.29, 0.717) is 11.2 Å². The Bertz CT molecular complexity index is 912. The van der Waals surface area contributed by atoms with Crippen LogP contribution in [0.3, 0.4) is 0 Å². The predicted octanol–water partition coefficient (Wildman–Crippen LogP) is 4.68. The first-order valence-electron chi connectivity index (χ1n) is 10.7. The van der Waals surface area contributed by atoms with Gasteiger partial charge in [-0.15, -0.1) is 11.3 Å². The van der Waals surface area contributed by atoms with E-state index < -0.39 is 5.41 Å². The number of nitrogens with zero attached hydrogens (tertiary/aromatic N) is 1. The average molecular weight is 428 g/mol. The summed E-state index contributed by atoms with van der Waals surface area (Å²) in [7, 11) is 1.64. The van der Waals surface area contributed by atoms with Crippen LogP contribution in [0.4, 0.5) is 5.13 Å². The molecule has 4 rings (SSSR count). The van der Waals surface area contributed by atoms with Gasteiger partial charge < -0.3 is 15.4 Å². The molecular weight excluding hydrogens is 398 g/mol. The maximum Gasteiger partial charge on any atom is 0.232 e. The Balaban J connectivity index is 1.49. The monoisotopic (exact) mass is 427 g/mol. The van der Waals surface area contributed by atoms with Crippen LogP contribution in [0.2, 0.25) is 0 Å². The summed E-state index contributed by atoms with van der Waals surface area (Å²) in [6.07, 6.45) is 6.98. The number of carbonyl (C=O) groups excluding carboxylic acids is 2. The molecule has 2 aliphatic rings. The average Bonchev–Trinajstić information content (AvgIpc) is 3.48. The van der Waals surface area contributed by atoms with Gasteiger partial charge >= 0.3 is 0 Å². The summed E-state index contributed by atoms with van der Waals surface area (Å²) in [4.78, 5) is 31.6. The zero-order chi connectivity index (χ0) is 21.1. The highest BCUT2D eigenvalue weighted by atomic mass is 32.1. The summed E-state index contributed by atoms with van der Waals surface area (Å²) in [5.41, 5.74) is 1.22. The van der Waals surface area contributed by atoms with Crippen molar-refractivity contribution in [1.82, 2.24) is 10.3 Å². The molecule has 30 heavy (non-hydrogen) atoms. The van der Waals surface area contributed by atoms with Crippen molar-refractivity contribution in [2.75, 3.05) is 12.4 Å². The van der Waals surface area contributed by atoms with E-state index in [1.54, 1.807) is 7.11 Å². The van der Waals surface area contributed by atoms with Crippen LogP contribution in [0.1, 0.15) is 56.2 Å². The van der Waals surface area contributed by atoms with E-state index in [-0.39, 0.29) is 18.2 Å². The lowest BCUT2D eigenvalue weighted by atomic mass is 9.71. The number of benzene rings is 1. The topological polar surface area (TPSA) is 80.3 Å². The van der Waals surface area contributed by atoms with Crippen LogP contribution in [0, 0.1) is 12.3 Å². The molecule has 1 aromatic carbocycles. The minimum atomic E-state index is -0.628. The zero-order valence-electron chi connectivity index (χ0n) is 17.6. The Morgan fingerprint density at radius 1 is 1.17 bits per heavy atom. The number of anilines is 1. The summed E-state index contributed by atoms with van der Waals surface area (Å²) in [6.45, 7) is 2.01. The first-order chi connectivity index (χ1) is 14.5. The first-order valence-corrected chi connectivity index (χ1v) is 11.5. The number of aromatic nitrogens is 1. The van der Waals surface area contributed by atoms with Gasteiger partial charge in [0.25, 0.3) is 0 Å². The summed E-state index contributed by atoms with van der Waals surface area (Å²) in [5, 5.41) is 6.68. The molecule has 2 fully saturated rings. The fourth-order valence-electron chi connectivity index (χ4n) is 4.22. The second-order valence-corrected chi connectivity index (χ2v) is 9.67. The summed E-state index contributed by atoms with van der Waals surface area (Å²) in [5.74, 6) is 0.732. The molecule has 0 atom stereocenters. The van der Waals surface area contributed by atoms with Crippen LogP contribution in [0.15, 0.2) is 24.3 Å². The van der Waals surface area contributed by atoms with Crippen molar-refractivity contribution in [1.29, 1.82) is 0 Å². The SMILES string of the molecule is COc1ccc(-c2nc(NC(=O)C3(CC(=O)NC4CC4)CCCCC3)sc2C)cc1. The van der Waals surface area contributed by atoms with Crippen molar-refractivity contribution in [3.63, 3.8) is 0 Å². The number of thiazole rings is 1. The van der Waals surface area contributed by atoms with Gasteiger partial charge in [0.05, 0.1) is 18.2 Å². The number of aryl methyl sites for hydroxylation is 1. The van der Waals surface area contributed by atoms with Crippen LogP contribution >= 0.6 is 11.3 Å². The van der Waals surface area contributed by atoms with Gasteiger partial charge in [-0.05, 0) is 56.9 Å². The smallest absolute Gasteiger partial charge is 0.232 e. The van der Waals surface area contributed by atoms with Crippen molar-refractivity contribution in [3.8, 4) is 17.0 Å². The van der Waals surface area contributed by atoms with Crippen molar-refractivity contribution in [3.05, 3.63) is 29.1 Å². The molecule has 0 bridgehead atoms. The molecule has 2 N–H and O–H groups in total. The molecule has 2 amide bonds. The van der Waals surface area contributed by atoms with E-state index in [0.717, 1.165) is 66.8 Å². The van der Waals surface area contributed by atoms with Gasteiger partial charge in [-0.3, -0.25) is 9.59 Å². The second-order valence-electron chi connectivity index (χ2n) is 8.47. The Labute approximate surface area is 181 Å². The van der Waals surface area contributed by atoms with E-state index >= 15 is 0 Å². The third-order valence-corrected chi connectivity index (χ3v) is 7.00. The summed E-state index contributed by atoms with van der Waals surface area (Å²) < 4.78 is 5.22. The van der Waals surface area contributed by atoms with Gasteiger partial charge in [0.1, 0.15) is 5.75 Å². The number of nitrogens with one attached hydrogen (secondary N) is 2. The summed E-state index contributed by atoms with van der Waals surface area (Å²) in [6, 6.07) is 8.06. The van der Waals surface area contributed by atoms with E-state index in [2.05, 4.69) is 15.6 Å². The highest BCUT2D eigenvalue weighted by Crippen LogP contribution is 2.41. The highest BCUT2D eigenvalue weighted by Gasteiger charge is 2.42. The fraction of sp³-hybridized carbons (Fsp3) is 0.522. The Kier molecular flexibility index (Phi) is 6.09. The van der Waals surface area contributed by atoms with Gasteiger partial charge in [0.15, 0.2) is 5.13 Å². The van der Waals surface area contributed by atoms with Crippen LogP contribution in [0.5, 0.6) is 5.75 Å². The lowest BCUT2D eigenvalue weighted by Crippen LogP contribution is -2.42. The maximum absolute atomic E-state index is 13.3. The quantitative estimate of drug-likeness (QED) is 0.672. The molecular formula is C23H29N3O3S. The minimum absolute atomic E-state index is 0.00351. The van der Waals surface area contributed by atoms with E-state index in [4.69, 9.17) is 4.74 Å². The predicted molar refractivity (Wildman–Crippen MR) is 119 cm³/mol. The van der Waals surface area contributed by atoms with Crippen molar-refractivity contribution in [2.45, 2.75) is 64.3 Å². The fourth-order valence-corrected chi connectivity index (χ4v) is 5.05. The van der Waals surface area contributed by atoms with E-state index in [1.165, 1.54) is 11.3 Å². The normalized spacial score (nSPS) is 17.9. The lowest BCUT2D eigenvalue weighted by molar-refractivity contribution is -0.134. The Morgan fingerprint density at radius 3 is 2.50 bits per heavy atom. The van der Waals surface area contributed by atoms with Crippen LogP contribution < -0.4 is 15.4 Å². The number of hydrogen-bond acceptors (Lipinski definition) is 5. The number of amides is 2. The molecule has 2 aliphatic carbocycles. The molecule has 2 saturated carbocycles. The Hall–Kier alpha value is -2.41. The number of ether oxygens (including phenoxy) is 1. The van der Waals surface area contributed by atoms with Crippen LogP contribution in [0.25, 0.3) is 11.3 Å². The molecule has 0 saturated heterocycles. The molecule has 1 heterocycles. The maximum atomic E-state index is 13.3. The number of methoxy groups -OCH3 is 1. The second kappa shape index (κ2) is 8.76. The minimum Gasteiger partial charge on any atom is -0.497 e. The highest BCUT2D eigenvalue weighted by molar-refractivity contribution is 7.16. The van der Waals surface area contributed by atoms with Crippen molar-refractivity contribution >= 4 is 28.3 Å². The molecule has 0 radical (unpaired) electrons. The molecule has 0 spiro atoms. The molecule has 7 heteroatoms. The number of rotatable bonds is 7. The van der Waals surface area contributed by atoms with E-state index in [1.807, 2.05) is 31.2 Å². The van der Waals surface area contributed by atoms with Crippen molar-refractivity contribution < 1.29 is 14.3 Å². The zero-order valence-corrected chi connectivity index (χ0v) is 18.4. The van der Waals surface area contributed by atoms with Gasteiger partial charge in [0.2, 0.25) is 11.8 Å². The van der Waals surface area contributed by atoms with Gasteiger partial charge in [0, 0.05) is 22.9 Å². The molecule has 160 valence electrons. The summed E-state index contributed by atoms with van der Waals surface area (Å²) >= 11 is 1.47. The van der Waals surface area contributed by atoms with Gasteiger partial charge in [-0.1, -0.05) is 19.3 Å². The molecule has 1 aromatic heterocycles. The molecule has 2 aromatic rings. The van der Waals surface area contributed by atoms with Crippen LogP contribution in [-0.4, -0.2) is 29.9 Å². The lowest BCUT2D eigenvalue weighted by Gasteiger charge is -2.35. The molecule has 0 aliphatic heterocycles. The standard InChI is InChI=1S/C23H29N3O3S/c1-15-20(16-6-10-18(29-2)11-7-16)25-22(30-15)26-21(28)23(12-4-3-5-13-23)14-19(27)24-17-8-9-17/h6-7,10-11,17H,3-5,8-9,12-14H2,1-2H3,(H,24,27)(H,25,26,28). The number of hydrogen-bond donors (Lipinski definition) is 2. The largest absolute Gasteiger partial charge is 0.497 e. The number of carbonyl (C=O) groups is 2. The van der Waals surface area contributed by atoms with Crippen molar-refractivity contribution in [2.24, 2.45) is 5.41 Å². The Morgan fingerprint density at radius 2 is 1.87 bits per heavy atom.